The number of nitrogens with one attached hydrogen (secondary N) is 1. The highest BCUT2D eigenvalue weighted by molar-refractivity contribution is 14.1. The van der Waals surface area contributed by atoms with Gasteiger partial charge in [-0.1, -0.05) is 11.6 Å². The van der Waals surface area contributed by atoms with Gasteiger partial charge in [0.25, 0.3) is 5.91 Å². The van der Waals surface area contributed by atoms with Crippen molar-refractivity contribution in [2.75, 3.05) is 13.1 Å². The molecule has 0 saturated heterocycles. The van der Waals surface area contributed by atoms with Crippen molar-refractivity contribution in [2.24, 2.45) is 5.73 Å². The summed E-state index contributed by atoms with van der Waals surface area (Å²) in [6, 6.07) is 5.25. The molecule has 0 fully saturated rings. The van der Waals surface area contributed by atoms with E-state index in [0.717, 1.165) is 9.99 Å². The first-order valence-corrected chi connectivity index (χ1v) is 6.04. The highest BCUT2D eigenvalue weighted by atomic mass is 127. The van der Waals surface area contributed by atoms with Crippen LogP contribution in [-0.2, 0) is 0 Å². The predicted octanol–water partition coefficient (Wildman–Crippen LogP) is 2.45. The summed E-state index contributed by atoms with van der Waals surface area (Å²) in [5, 5.41) is 3.35. The maximum atomic E-state index is 11.7. The van der Waals surface area contributed by atoms with Crippen LogP contribution in [-0.4, -0.2) is 19.0 Å². The van der Waals surface area contributed by atoms with Gasteiger partial charge in [0.2, 0.25) is 0 Å². The fourth-order valence-corrected chi connectivity index (χ4v) is 1.82. The lowest BCUT2D eigenvalue weighted by molar-refractivity contribution is 0.0952. The lowest BCUT2D eigenvalue weighted by Gasteiger charge is -2.06. The van der Waals surface area contributed by atoms with E-state index in [9.17, 15) is 4.79 Å². The molecule has 16 heavy (non-hydrogen) atoms. The Morgan fingerprint density at radius 1 is 1.50 bits per heavy atom. The quantitative estimate of drug-likeness (QED) is 0.628. The zero-order valence-corrected chi connectivity index (χ0v) is 12.2. The van der Waals surface area contributed by atoms with Gasteiger partial charge in [0, 0.05) is 15.1 Å². The molecule has 0 aromatic heterocycles. The minimum Gasteiger partial charge on any atom is -0.352 e. The third-order valence-corrected chi connectivity index (χ3v) is 3.02. The van der Waals surface area contributed by atoms with E-state index >= 15 is 0 Å². The molecule has 1 aromatic carbocycles. The van der Waals surface area contributed by atoms with Crippen molar-refractivity contribution < 1.29 is 4.79 Å². The zero-order valence-electron chi connectivity index (χ0n) is 8.50. The van der Waals surface area contributed by atoms with Crippen LogP contribution in [0.2, 0.25) is 5.02 Å². The maximum Gasteiger partial charge on any atom is 0.252 e. The van der Waals surface area contributed by atoms with E-state index in [-0.39, 0.29) is 18.3 Å². The van der Waals surface area contributed by atoms with E-state index in [1.54, 1.807) is 12.1 Å². The van der Waals surface area contributed by atoms with Crippen LogP contribution in [0.1, 0.15) is 16.8 Å². The smallest absolute Gasteiger partial charge is 0.252 e. The average molecular weight is 375 g/mol. The van der Waals surface area contributed by atoms with Crippen molar-refractivity contribution in [1.29, 1.82) is 0 Å². The Kier molecular flexibility index (Phi) is 8.09. The highest BCUT2D eigenvalue weighted by Crippen LogP contribution is 2.17. The Labute approximate surface area is 120 Å². The monoisotopic (exact) mass is 374 g/mol. The second kappa shape index (κ2) is 8.11. The number of amides is 1. The molecule has 1 aromatic rings. The third kappa shape index (κ3) is 4.86. The van der Waals surface area contributed by atoms with Crippen LogP contribution in [0.3, 0.4) is 0 Å². The van der Waals surface area contributed by atoms with E-state index in [2.05, 4.69) is 27.9 Å². The number of benzene rings is 1. The van der Waals surface area contributed by atoms with Crippen molar-refractivity contribution in [3.8, 4) is 0 Å². The van der Waals surface area contributed by atoms with Gasteiger partial charge in [0.05, 0.1) is 5.56 Å². The molecule has 0 aliphatic carbocycles. The van der Waals surface area contributed by atoms with Crippen LogP contribution >= 0.6 is 46.6 Å². The van der Waals surface area contributed by atoms with Gasteiger partial charge in [-0.05, 0) is 53.8 Å². The summed E-state index contributed by atoms with van der Waals surface area (Å²) in [5.41, 5.74) is 5.94. The molecule has 0 heterocycles. The van der Waals surface area contributed by atoms with Crippen molar-refractivity contribution in [1.82, 2.24) is 5.32 Å². The van der Waals surface area contributed by atoms with Gasteiger partial charge in [-0.15, -0.1) is 12.4 Å². The minimum absolute atomic E-state index is 0. The van der Waals surface area contributed by atoms with Gasteiger partial charge in [0.15, 0.2) is 0 Å². The summed E-state index contributed by atoms with van der Waals surface area (Å²) < 4.78 is 0.891. The Bertz CT molecular complexity index is 361. The first kappa shape index (κ1) is 16.0. The van der Waals surface area contributed by atoms with Crippen molar-refractivity contribution in [2.45, 2.75) is 6.42 Å². The molecular formula is C10H13Cl2IN2O. The van der Waals surface area contributed by atoms with Gasteiger partial charge >= 0.3 is 0 Å². The van der Waals surface area contributed by atoms with Crippen molar-refractivity contribution in [3.63, 3.8) is 0 Å². The van der Waals surface area contributed by atoms with E-state index in [1.807, 2.05) is 6.07 Å². The molecule has 0 aliphatic rings. The molecule has 0 aliphatic heterocycles. The van der Waals surface area contributed by atoms with Gasteiger partial charge in [-0.3, -0.25) is 4.79 Å². The topological polar surface area (TPSA) is 55.1 Å². The summed E-state index contributed by atoms with van der Waals surface area (Å²) in [5.74, 6) is -0.102. The molecule has 0 atom stereocenters. The second-order valence-corrected chi connectivity index (χ2v) is 4.62. The van der Waals surface area contributed by atoms with Crippen LogP contribution in [0.4, 0.5) is 0 Å². The van der Waals surface area contributed by atoms with Gasteiger partial charge in [-0.25, -0.2) is 0 Å². The summed E-state index contributed by atoms with van der Waals surface area (Å²) >= 11 is 7.93. The van der Waals surface area contributed by atoms with E-state index in [1.165, 1.54) is 0 Å². The summed E-state index contributed by atoms with van der Waals surface area (Å²) in [4.78, 5) is 11.7. The van der Waals surface area contributed by atoms with Crippen LogP contribution in [0.15, 0.2) is 18.2 Å². The Hall–Kier alpha value is -0.0400. The summed E-state index contributed by atoms with van der Waals surface area (Å²) in [6.07, 6.45) is 0.781. The van der Waals surface area contributed by atoms with Gasteiger partial charge < -0.3 is 11.1 Å². The molecule has 90 valence electrons. The number of nitrogens with two attached hydrogens (primary N) is 1. The molecule has 0 saturated carbocycles. The van der Waals surface area contributed by atoms with Crippen LogP contribution in [0, 0.1) is 3.57 Å². The van der Waals surface area contributed by atoms with Crippen LogP contribution in [0.25, 0.3) is 0 Å². The molecule has 1 rings (SSSR count). The first-order valence-electron chi connectivity index (χ1n) is 4.58. The number of hydrogen-bond donors (Lipinski definition) is 2. The average Bonchev–Trinajstić information content (AvgIpc) is 2.22. The summed E-state index contributed by atoms with van der Waals surface area (Å²) in [6.45, 7) is 1.17. The largest absolute Gasteiger partial charge is 0.352 e. The minimum atomic E-state index is -0.102. The maximum absolute atomic E-state index is 11.7. The van der Waals surface area contributed by atoms with Gasteiger partial charge in [-0.2, -0.15) is 0 Å². The Morgan fingerprint density at radius 3 is 2.81 bits per heavy atom. The van der Waals surface area contributed by atoms with E-state index < -0.39 is 0 Å². The lowest BCUT2D eigenvalue weighted by atomic mass is 10.2. The first-order chi connectivity index (χ1) is 7.15. The molecule has 6 heteroatoms. The normalized spacial score (nSPS) is 9.44. The highest BCUT2D eigenvalue weighted by Gasteiger charge is 2.09. The molecule has 0 unspecified atom stereocenters. The van der Waals surface area contributed by atoms with Crippen molar-refractivity contribution in [3.05, 3.63) is 32.4 Å². The Morgan fingerprint density at radius 2 is 2.19 bits per heavy atom. The third-order valence-electron chi connectivity index (χ3n) is 1.84. The lowest BCUT2D eigenvalue weighted by Crippen LogP contribution is -2.26. The molecule has 0 bridgehead atoms. The molecule has 3 nitrogen and oxygen atoms in total. The molecule has 0 radical (unpaired) electrons. The SMILES string of the molecule is Cl.NCCCNC(=O)c1cc(Cl)ccc1I. The number of halogens is 3. The van der Waals surface area contributed by atoms with E-state index in [0.29, 0.717) is 23.7 Å². The van der Waals surface area contributed by atoms with Gasteiger partial charge in [0.1, 0.15) is 0 Å². The number of rotatable bonds is 4. The van der Waals surface area contributed by atoms with Crippen LogP contribution < -0.4 is 11.1 Å². The molecular weight excluding hydrogens is 362 g/mol. The Balaban J connectivity index is 0.00000225. The second-order valence-electron chi connectivity index (χ2n) is 3.02. The zero-order chi connectivity index (χ0) is 11.3. The predicted molar refractivity (Wildman–Crippen MR) is 77.4 cm³/mol. The van der Waals surface area contributed by atoms with Crippen molar-refractivity contribution >= 4 is 52.5 Å². The fraction of sp³-hybridized carbons (Fsp3) is 0.300. The number of carbonyl (C=O) groups excluding carboxylic acids is 1. The van der Waals surface area contributed by atoms with E-state index in [4.69, 9.17) is 17.3 Å². The molecule has 1 amide bonds. The fourth-order valence-electron chi connectivity index (χ4n) is 1.07. The summed E-state index contributed by atoms with van der Waals surface area (Å²) in [7, 11) is 0. The molecule has 3 N–H and O–H groups in total. The number of carbonyl (C=O) groups is 1. The van der Waals surface area contributed by atoms with Crippen LogP contribution in [0.5, 0.6) is 0 Å². The number of hydrogen-bond acceptors (Lipinski definition) is 2. The standard InChI is InChI=1S/C10H12ClIN2O.ClH/c11-7-2-3-9(12)8(6-7)10(15)14-5-1-4-13;/h2-3,6H,1,4-5,13H2,(H,14,15);1H. The molecule has 0 spiro atoms.